The number of thiophene rings is 1. The molecule has 1 heterocycles. The number of nitrogens with two attached hydrogens (primary N) is 1. The van der Waals surface area contributed by atoms with E-state index in [0.29, 0.717) is 0 Å². The van der Waals surface area contributed by atoms with Crippen LogP contribution < -0.4 is 5.73 Å². The molecule has 1 aromatic heterocycles. The van der Waals surface area contributed by atoms with Crippen molar-refractivity contribution in [3.8, 4) is 0 Å². The molecule has 0 radical (unpaired) electrons. The maximum absolute atomic E-state index is 5.91. The molecular weight excluding hydrogens is 214 g/mol. The summed E-state index contributed by atoms with van der Waals surface area (Å²) in [5.74, 6) is 2.55. The molecule has 0 aromatic carbocycles. The van der Waals surface area contributed by atoms with Gasteiger partial charge in [0.15, 0.2) is 0 Å². The molecule has 0 amide bonds. The van der Waals surface area contributed by atoms with Crippen molar-refractivity contribution in [2.45, 2.75) is 39.0 Å². The maximum Gasteiger partial charge on any atom is -0.00461 e. The maximum atomic E-state index is 5.91. The van der Waals surface area contributed by atoms with Gasteiger partial charge in [0.05, 0.1) is 0 Å². The minimum Gasteiger partial charge on any atom is -0.330 e. The van der Waals surface area contributed by atoms with Crippen LogP contribution in [0.3, 0.4) is 0 Å². The molecule has 0 saturated heterocycles. The van der Waals surface area contributed by atoms with Crippen LogP contribution in [0.1, 0.15) is 38.2 Å². The molecule has 90 valence electrons. The van der Waals surface area contributed by atoms with E-state index in [1.54, 1.807) is 0 Å². The number of hydrogen-bond acceptors (Lipinski definition) is 2. The highest BCUT2D eigenvalue weighted by Crippen LogP contribution is 2.37. The molecular formula is C14H23NS. The lowest BCUT2D eigenvalue weighted by Gasteiger charge is -2.35. The van der Waals surface area contributed by atoms with Crippen LogP contribution in [0, 0.1) is 17.8 Å². The second-order valence-corrected chi connectivity index (χ2v) is 5.96. The molecule has 2 rings (SSSR count). The first-order valence-corrected chi connectivity index (χ1v) is 7.48. The molecule has 2 N–H and O–H groups in total. The van der Waals surface area contributed by atoms with Crippen molar-refractivity contribution in [3.63, 3.8) is 0 Å². The highest BCUT2D eigenvalue weighted by molar-refractivity contribution is 7.07. The molecule has 2 heteroatoms. The van der Waals surface area contributed by atoms with Gasteiger partial charge in [0.2, 0.25) is 0 Å². The van der Waals surface area contributed by atoms with Crippen molar-refractivity contribution >= 4 is 11.3 Å². The van der Waals surface area contributed by atoms with Crippen LogP contribution in [0.15, 0.2) is 16.8 Å². The van der Waals surface area contributed by atoms with Gasteiger partial charge >= 0.3 is 0 Å². The summed E-state index contributed by atoms with van der Waals surface area (Å²) in [6.07, 6.45) is 6.75. The van der Waals surface area contributed by atoms with E-state index < -0.39 is 0 Å². The minimum absolute atomic E-state index is 0.766. The van der Waals surface area contributed by atoms with Crippen LogP contribution in [0.2, 0.25) is 0 Å². The van der Waals surface area contributed by atoms with Gasteiger partial charge in [-0.2, -0.15) is 11.3 Å². The lowest BCUT2D eigenvalue weighted by Crippen LogP contribution is -2.31. The molecule has 1 nitrogen and oxygen atoms in total. The normalized spacial score (nSPS) is 30.5. The van der Waals surface area contributed by atoms with E-state index in [-0.39, 0.29) is 0 Å². The molecule has 16 heavy (non-hydrogen) atoms. The Kier molecular flexibility index (Phi) is 4.42. The zero-order chi connectivity index (χ0) is 11.4. The molecule has 3 unspecified atom stereocenters. The molecule has 1 aromatic rings. The Labute approximate surface area is 103 Å². The van der Waals surface area contributed by atoms with Gasteiger partial charge in [-0.25, -0.2) is 0 Å². The Morgan fingerprint density at radius 1 is 1.38 bits per heavy atom. The van der Waals surface area contributed by atoms with Gasteiger partial charge in [0.1, 0.15) is 0 Å². The van der Waals surface area contributed by atoms with Crippen molar-refractivity contribution in [2.24, 2.45) is 23.5 Å². The van der Waals surface area contributed by atoms with E-state index in [2.05, 4.69) is 23.8 Å². The van der Waals surface area contributed by atoms with Crippen molar-refractivity contribution in [1.82, 2.24) is 0 Å². The summed E-state index contributed by atoms with van der Waals surface area (Å²) in [7, 11) is 0. The van der Waals surface area contributed by atoms with Crippen LogP contribution in [0.4, 0.5) is 0 Å². The lowest BCUT2D eigenvalue weighted by atomic mass is 9.71. The van der Waals surface area contributed by atoms with Gasteiger partial charge in [-0.1, -0.05) is 19.8 Å². The molecule has 0 bridgehead atoms. The van der Waals surface area contributed by atoms with Crippen LogP contribution in [-0.4, -0.2) is 6.54 Å². The molecule has 1 aliphatic rings. The molecule has 3 atom stereocenters. The van der Waals surface area contributed by atoms with E-state index in [1.807, 2.05) is 11.3 Å². The Morgan fingerprint density at radius 2 is 2.25 bits per heavy atom. The zero-order valence-corrected chi connectivity index (χ0v) is 11.0. The van der Waals surface area contributed by atoms with Crippen LogP contribution in [0.5, 0.6) is 0 Å². The zero-order valence-electron chi connectivity index (χ0n) is 10.2. The highest BCUT2D eigenvalue weighted by atomic mass is 32.1. The largest absolute Gasteiger partial charge is 0.330 e. The van der Waals surface area contributed by atoms with Crippen LogP contribution in [0.25, 0.3) is 0 Å². The van der Waals surface area contributed by atoms with E-state index in [0.717, 1.165) is 24.3 Å². The fourth-order valence-corrected chi connectivity index (χ4v) is 3.75. The van der Waals surface area contributed by atoms with Crippen molar-refractivity contribution in [2.75, 3.05) is 6.54 Å². The Hall–Kier alpha value is -0.340. The van der Waals surface area contributed by atoms with Crippen LogP contribution >= 0.6 is 11.3 Å². The predicted octanol–water partition coefficient (Wildman–Crippen LogP) is 3.69. The van der Waals surface area contributed by atoms with Crippen molar-refractivity contribution in [1.29, 1.82) is 0 Å². The standard InChI is InChI=1S/C14H23NS/c1-2-11-3-4-13(9-15)14(7-11)8-12-5-6-16-10-12/h5-6,10-11,13-14H,2-4,7-9,15H2,1H3. The first-order valence-electron chi connectivity index (χ1n) is 6.54. The summed E-state index contributed by atoms with van der Waals surface area (Å²) >= 11 is 1.81. The third kappa shape index (κ3) is 2.86. The third-order valence-corrected chi connectivity index (χ3v) is 4.94. The first-order chi connectivity index (χ1) is 7.83. The Morgan fingerprint density at radius 3 is 2.88 bits per heavy atom. The summed E-state index contributed by atoms with van der Waals surface area (Å²) < 4.78 is 0. The van der Waals surface area contributed by atoms with Crippen LogP contribution in [-0.2, 0) is 6.42 Å². The summed E-state index contributed by atoms with van der Waals surface area (Å²) in [5.41, 5.74) is 7.43. The minimum atomic E-state index is 0.766. The average molecular weight is 237 g/mol. The molecule has 0 aliphatic heterocycles. The average Bonchev–Trinajstić information content (AvgIpc) is 2.82. The molecule has 0 spiro atoms. The van der Waals surface area contributed by atoms with E-state index in [1.165, 1.54) is 37.7 Å². The molecule has 1 fully saturated rings. The quantitative estimate of drug-likeness (QED) is 0.849. The summed E-state index contributed by atoms with van der Waals surface area (Å²) in [4.78, 5) is 0. The smallest absolute Gasteiger partial charge is 0.00461 e. The van der Waals surface area contributed by atoms with Gasteiger partial charge in [-0.05, 0) is 66.0 Å². The highest BCUT2D eigenvalue weighted by Gasteiger charge is 2.28. The SMILES string of the molecule is CCC1CCC(CN)C(Cc2ccsc2)C1. The number of hydrogen-bond donors (Lipinski definition) is 1. The van der Waals surface area contributed by atoms with Gasteiger partial charge in [-0.3, -0.25) is 0 Å². The topological polar surface area (TPSA) is 26.0 Å². The molecule has 1 saturated carbocycles. The fourth-order valence-electron chi connectivity index (χ4n) is 3.07. The van der Waals surface area contributed by atoms with Gasteiger partial charge in [-0.15, -0.1) is 0 Å². The predicted molar refractivity (Wildman–Crippen MR) is 71.7 cm³/mol. The molecule has 1 aliphatic carbocycles. The monoisotopic (exact) mass is 237 g/mol. The first kappa shape index (κ1) is 12.1. The third-order valence-electron chi connectivity index (χ3n) is 4.21. The van der Waals surface area contributed by atoms with Gasteiger partial charge in [0, 0.05) is 0 Å². The van der Waals surface area contributed by atoms with Gasteiger partial charge < -0.3 is 5.73 Å². The van der Waals surface area contributed by atoms with E-state index >= 15 is 0 Å². The van der Waals surface area contributed by atoms with Gasteiger partial charge in [0.25, 0.3) is 0 Å². The lowest BCUT2D eigenvalue weighted by molar-refractivity contribution is 0.180. The fraction of sp³-hybridized carbons (Fsp3) is 0.714. The van der Waals surface area contributed by atoms with Crippen molar-refractivity contribution in [3.05, 3.63) is 22.4 Å². The summed E-state index contributed by atoms with van der Waals surface area (Å²) in [6.45, 7) is 3.21. The Balaban J connectivity index is 1.97. The number of rotatable bonds is 4. The summed E-state index contributed by atoms with van der Waals surface area (Å²) in [6, 6.07) is 2.27. The second-order valence-electron chi connectivity index (χ2n) is 5.18. The summed E-state index contributed by atoms with van der Waals surface area (Å²) in [5, 5.41) is 4.48. The Bertz CT molecular complexity index is 294. The van der Waals surface area contributed by atoms with E-state index in [9.17, 15) is 0 Å². The second kappa shape index (κ2) is 5.83. The van der Waals surface area contributed by atoms with Crippen molar-refractivity contribution < 1.29 is 0 Å². The van der Waals surface area contributed by atoms with E-state index in [4.69, 9.17) is 5.73 Å².